The number of hydrogen-bond donors (Lipinski definition) is 1. The van der Waals surface area contributed by atoms with Crippen molar-refractivity contribution in [2.45, 2.75) is 26.6 Å². The number of hydrogen-bond acceptors (Lipinski definition) is 6. The van der Waals surface area contributed by atoms with Crippen LogP contribution in [0.25, 0.3) is 0 Å². The summed E-state index contributed by atoms with van der Waals surface area (Å²) in [6, 6.07) is 6.53. The van der Waals surface area contributed by atoms with Gasteiger partial charge in [0, 0.05) is 5.38 Å². The van der Waals surface area contributed by atoms with Gasteiger partial charge in [0.05, 0.1) is 16.3 Å². The normalized spacial score (nSPS) is 11.7. The standard InChI is InChI=1S/C15H16N2O4S/c1-9(14(16)18)21-15(19)11-4-3-5-13(6-11)20-7-12-8-22-10(2)17-12/h3-6,8-9H,7H2,1-2H3,(H2,16,18). The number of carbonyl (C=O) groups is 2. The second-order valence-electron chi connectivity index (χ2n) is 4.62. The Balaban J connectivity index is 2.00. The van der Waals surface area contributed by atoms with Crippen LogP contribution in [0.5, 0.6) is 5.75 Å². The minimum absolute atomic E-state index is 0.292. The molecule has 0 spiro atoms. The summed E-state index contributed by atoms with van der Waals surface area (Å²) in [5.41, 5.74) is 6.18. The van der Waals surface area contributed by atoms with Gasteiger partial charge in [0.2, 0.25) is 0 Å². The van der Waals surface area contributed by atoms with Crippen LogP contribution in [0.15, 0.2) is 29.6 Å². The fourth-order valence-electron chi connectivity index (χ4n) is 1.63. The maximum absolute atomic E-state index is 11.9. The van der Waals surface area contributed by atoms with Gasteiger partial charge < -0.3 is 15.2 Å². The Morgan fingerprint density at radius 2 is 2.18 bits per heavy atom. The Hall–Kier alpha value is -2.41. The number of amides is 1. The molecule has 6 nitrogen and oxygen atoms in total. The van der Waals surface area contributed by atoms with E-state index in [1.807, 2.05) is 12.3 Å². The number of aromatic nitrogens is 1. The molecule has 2 rings (SSSR count). The fraction of sp³-hybridized carbons (Fsp3) is 0.267. The van der Waals surface area contributed by atoms with Gasteiger partial charge in [0.25, 0.3) is 5.91 Å². The van der Waals surface area contributed by atoms with Crippen molar-refractivity contribution in [3.8, 4) is 5.75 Å². The van der Waals surface area contributed by atoms with Gasteiger partial charge in [-0.1, -0.05) is 6.07 Å². The highest BCUT2D eigenvalue weighted by Gasteiger charge is 2.16. The van der Waals surface area contributed by atoms with Crippen LogP contribution < -0.4 is 10.5 Å². The molecule has 0 aliphatic carbocycles. The Labute approximate surface area is 131 Å². The number of esters is 1. The molecule has 116 valence electrons. The minimum atomic E-state index is -0.977. The second kappa shape index (κ2) is 7.04. The van der Waals surface area contributed by atoms with Crippen LogP contribution in [0.3, 0.4) is 0 Å². The highest BCUT2D eigenvalue weighted by Crippen LogP contribution is 2.17. The predicted octanol–water partition coefficient (Wildman–Crippen LogP) is 2.06. The second-order valence-corrected chi connectivity index (χ2v) is 5.69. The first-order valence-electron chi connectivity index (χ1n) is 6.60. The molecule has 1 aromatic carbocycles. The SMILES string of the molecule is Cc1nc(COc2cccc(C(=O)OC(C)C(N)=O)c2)cs1. The lowest BCUT2D eigenvalue weighted by Crippen LogP contribution is -2.30. The molecular weight excluding hydrogens is 304 g/mol. The Morgan fingerprint density at radius 3 is 2.82 bits per heavy atom. The van der Waals surface area contributed by atoms with Gasteiger partial charge in [-0.2, -0.15) is 0 Å². The van der Waals surface area contributed by atoms with Gasteiger partial charge in [-0.15, -0.1) is 11.3 Å². The first kappa shape index (κ1) is 16.0. The molecule has 1 unspecified atom stereocenters. The van der Waals surface area contributed by atoms with Crippen molar-refractivity contribution in [2.24, 2.45) is 5.73 Å². The van der Waals surface area contributed by atoms with Crippen molar-refractivity contribution in [3.63, 3.8) is 0 Å². The Morgan fingerprint density at radius 1 is 1.41 bits per heavy atom. The Bertz CT molecular complexity index is 684. The van der Waals surface area contributed by atoms with Crippen molar-refractivity contribution < 1.29 is 19.1 Å². The maximum Gasteiger partial charge on any atom is 0.339 e. The summed E-state index contributed by atoms with van der Waals surface area (Å²) in [6.07, 6.45) is -0.977. The summed E-state index contributed by atoms with van der Waals surface area (Å²) >= 11 is 1.55. The number of thiazole rings is 1. The zero-order valence-electron chi connectivity index (χ0n) is 12.2. The summed E-state index contributed by atoms with van der Waals surface area (Å²) in [7, 11) is 0. The lowest BCUT2D eigenvalue weighted by Gasteiger charge is -2.10. The summed E-state index contributed by atoms with van der Waals surface area (Å²) in [5, 5.41) is 2.89. The smallest absolute Gasteiger partial charge is 0.339 e. The molecule has 2 N–H and O–H groups in total. The van der Waals surface area contributed by atoms with Gasteiger partial charge in [0.15, 0.2) is 6.10 Å². The molecule has 1 heterocycles. The van der Waals surface area contributed by atoms with Gasteiger partial charge in [-0.25, -0.2) is 9.78 Å². The summed E-state index contributed by atoms with van der Waals surface area (Å²) in [6.45, 7) is 3.66. The van der Waals surface area contributed by atoms with Crippen LogP contribution in [0.2, 0.25) is 0 Å². The number of carbonyl (C=O) groups excluding carboxylic acids is 2. The zero-order chi connectivity index (χ0) is 16.1. The third-order valence-corrected chi connectivity index (χ3v) is 3.63. The van der Waals surface area contributed by atoms with Gasteiger partial charge in [-0.3, -0.25) is 4.79 Å². The van der Waals surface area contributed by atoms with E-state index in [9.17, 15) is 9.59 Å². The highest BCUT2D eigenvalue weighted by atomic mass is 32.1. The molecule has 0 bridgehead atoms. The molecule has 1 atom stereocenters. The van der Waals surface area contributed by atoms with E-state index >= 15 is 0 Å². The van der Waals surface area contributed by atoms with Gasteiger partial charge in [0.1, 0.15) is 12.4 Å². The number of rotatable bonds is 6. The average molecular weight is 320 g/mol. The van der Waals surface area contributed by atoms with Crippen LogP contribution in [0, 0.1) is 6.92 Å². The van der Waals surface area contributed by atoms with E-state index in [4.69, 9.17) is 15.2 Å². The van der Waals surface area contributed by atoms with Gasteiger partial charge in [-0.05, 0) is 32.0 Å². The van der Waals surface area contributed by atoms with Crippen LogP contribution in [-0.2, 0) is 16.1 Å². The molecule has 0 fully saturated rings. The first-order valence-corrected chi connectivity index (χ1v) is 7.48. The molecule has 22 heavy (non-hydrogen) atoms. The van der Waals surface area contributed by atoms with E-state index in [2.05, 4.69) is 4.98 Å². The average Bonchev–Trinajstić information content (AvgIpc) is 2.91. The lowest BCUT2D eigenvalue weighted by atomic mass is 10.2. The third kappa shape index (κ3) is 4.29. The largest absolute Gasteiger partial charge is 0.487 e. The van der Waals surface area contributed by atoms with Gasteiger partial charge >= 0.3 is 5.97 Å². The van der Waals surface area contributed by atoms with Crippen LogP contribution in [0.4, 0.5) is 0 Å². The number of nitrogens with two attached hydrogens (primary N) is 1. The molecule has 1 amide bonds. The molecule has 1 aromatic heterocycles. The fourth-order valence-corrected chi connectivity index (χ4v) is 2.23. The topological polar surface area (TPSA) is 91.5 Å². The number of aryl methyl sites for hydroxylation is 1. The van der Waals surface area contributed by atoms with Crippen molar-refractivity contribution in [1.29, 1.82) is 0 Å². The number of benzene rings is 1. The number of nitrogens with zero attached hydrogens (tertiary/aromatic N) is 1. The Kier molecular flexibility index (Phi) is 5.11. The number of ether oxygens (including phenoxy) is 2. The first-order chi connectivity index (χ1) is 10.5. The molecule has 0 saturated heterocycles. The summed E-state index contributed by atoms with van der Waals surface area (Å²) in [4.78, 5) is 27.1. The molecular formula is C15H16N2O4S. The molecule has 0 saturated carbocycles. The number of primary amides is 1. The molecule has 2 aromatic rings. The van der Waals surface area contributed by atoms with Crippen LogP contribution in [0.1, 0.15) is 28.0 Å². The minimum Gasteiger partial charge on any atom is -0.487 e. The van der Waals surface area contributed by atoms with Crippen molar-refractivity contribution in [3.05, 3.63) is 45.9 Å². The third-order valence-electron chi connectivity index (χ3n) is 2.81. The molecule has 0 aliphatic rings. The van der Waals surface area contributed by atoms with Crippen molar-refractivity contribution in [2.75, 3.05) is 0 Å². The monoisotopic (exact) mass is 320 g/mol. The maximum atomic E-state index is 11.9. The summed E-state index contributed by atoms with van der Waals surface area (Å²) in [5.74, 6) is -0.798. The van der Waals surface area contributed by atoms with E-state index in [0.29, 0.717) is 17.9 Å². The van der Waals surface area contributed by atoms with E-state index in [-0.39, 0.29) is 0 Å². The molecule has 0 aliphatic heterocycles. The van der Waals surface area contributed by atoms with E-state index in [1.165, 1.54) is 6.92 Å². The molecule has 7 heteroatoms. The van der Waals surface area contributed by atoms with Crippen LogP contribution in [-0.4, -0.2) is 23.0 Å². The van der Waals surface area contributed by atoms with E-state index in [0.717, 1.165) is 10.7 Å². The van der Waals surface area contributed by atoms with Crippen molar-refractivity contribution in [1.82, 2.24) is 4.98 Å². The summed E-state index contributed by atoms with van der Waals surface area (Å²) < 4.78 is 10.5. The molecule has 0 radical (unpaired) electrons. The van der Waals surface area contributed by atoms with E-state index in [1.54, 1.807) is 35.6 Å². The van der Waals surface area contributed by atoms with Crippen molar-refractivity contribution >= 4 is 23.2 Å². The predicted molar refractivity (Wildman–Crippen MR) is 81.7 cm³/mol. The van der Waals surface area contributed by atoms with E-state index < -0.39 is 18.0 Å². The zero-order valence-corrected chi connectivity index (χ0v) is 13.1. The highest BCUT2D eigenvalue weighted by molar-refractivity contribution is 7.09. The van der Waals surface area contributed by atoms with Crippen LogP contribution >= 0.6 is 11.3 Å². The lowest BCUT2D eigenvalue weighted by molar-refractivity contribution is -0.125. The quantitative estimate of drug-likeness (QED) is 0.823.